The van der Waals surface area contributed by atoms with Crippen molar-refractivity contribution >= 4 is 34.7 Å². The van der Waals surface area contributed by atoms with Crippen molar-refractivity contribution in [2.75, 3.05) is 19.7 Å². The van der Waals surface area contributed by atoms with Crippen LogP contribution in [-0.4, -0.2) is 53.9 Å². The van der Waals surface area contributed by atoms with Crippen LogP contribution in [0.5, 0.6) is 11.5 Å². The summed E-state index contributed by atoms with van der Waals surface area (Å²) >= 11 is 0. The number of carbonyl (C=O) groups excluding carboxylic acids is 1. The summed E-state index contributed by atoms with van der Waals surface area (Å²) in [5.74, 6) is 0.902. The number of nitrogens with zero attached hydrogens (tertiary/aromatic N) is 2. The van der Waals surface area contributed by atoms with Gasteiger partial charge < -0.3 is 19.3 Å². The van der Waals surface area contributed by atoms with Crippen LogP contribution in [0.15, 0.2) is 59.7 Å². The van der Waals surface area contributed by atoms with E-state index in [9.17, 15) is 9.90 Å². The van der Waals surface area contributed by atoms with Gasteiger partial charge in [-0.15, -0.1) is 6.54 Å². The Bertz CT molecular complexity index is 1090. The third kappa shape index (κ3) is 17.1. The molecule has 0 atom stereocenters. The van der Waals surface area contributed by atoms with E-state index >= 15 is 0 Å². The molecule has 0 saturated carbocycles. The molecule has 1 N–H and O–H groups in total. The summed E-state index contributed by atoms with van der Waals surface area (Å²) in [7, 11) is -2.90. The molecule has 2 aromatic rings. The second kappa shape index (κ2) is 20.7. The van der Waals surface area contributed by atoms with Crippen LogP contribution in [0.4, 0.5) is 0 Å². The first kappa shape index (κ1) is 37.8. The number of aliphatic imine (C=N–C) groups is 1. The number of aldehydes is 1. The topological polar surface area (TPSA) is 82.2 Å². The van der Waals surface area contributed by atoms with E-state index in [1.165, 1.54) is 51.0 Å². The van der Waals surface area contributed by atoms with E-state index in [0.717, 1.165) is 24.0 Å². The first-order valence-electron chi connectivity index (χ1n) is 15.1. The molecular weight excluding hydrogens is 603 g/mol. The van der Waals surface area contributed by atoms with Crippen LogP contribution in [0.1, 0.15) is 62.5 Å². The van der Waals surface area contributed by atoms with Crippen molar-refractivity contribution in [2.45, 2.75) is 90.1 Å². The van der Waals surface area contributed by atoms with Crippen molar-refractivity contribution in [3.63, 3.8) is 0 Å². The summed E-state index contributed by atoms with van der Waals surface area (Å²) in [5, 5.41) is 14.5. The molecule has 0 unspecified atom stereocenters. The van der Waals surface area contributed by atoms with E-state index in [1.54, 1.807) is 24.5 Å². The summed E-state index contributed by atoms with van der Waals surface area (Å²) in [6.07, 6.45) is 14.0. The number of allylic oxidation sites excluding steroid dienone is 1. The zero-order valence-corrected chi connectivity index (χ0v) is 29.2. The van der Waals surface area contributed by atoms with E-state index in [-0.39, 0.29) is 22.2 Å². The van der Waals surface area contributed by atoms with Gasteiger partial charge in [0.25, 0.3) is 0 Å². The summed E-state index contributed by atoms with van der Waals surface area (Å²) in [6, 6.07) is 16.0. The van der Waals surface area contributed by atoms with Crippen molar-refractivity contribution < 1.29 is 35.2 Å². The van der Waals surface area contributed by atoms with Gasteiger partial charge in [0.05, 0.1) is 6.61 Å². The molecule has 2 aromatic carbocycles. The molecule has 0 aliphatic carbocycles. The van der Waals surface area contributed by atoms with Gasteiger partial charge in [-0.1, -0.05) is 75.3 Å². The first-order valence-corrected chi connectivity index (χ1v) is 21.7. The predicted molar refractivity (Wildman–Crippen MR) is 178 cm³/mol. The Morgan fingerprint density at radius 2 is 1.55 bits per heavy atom. The van der Waals surface area contributed by atoms with Gasteiger partial charge in [0.15, 0.2) is 16.6 Å². The zero-order chi connectivity index (χ0) is 30.0. The van der Waals surface area contributed by atoms with Crippen molar-refractivity contribution in [2.24, 2.45) is 4.99 Å². The Kier molecular flexibility index (Phi) is 18.6. The van der Waals surface area contributed by atoms with Gasteiger partial charge in [-0.3, -0.25) is 9.79 Å². The minimum absolute atomic E-state index is 0. The number of carbonyl (C=O) groups is 1. The number of ether oxygens (including phenoxy) is 1. The van der Waals surface area contributed by atoms with Crippen LogP contribution in [0.2, 0.25) is 38.8 Å². The molecule has 9 heteroatoms. The molecule has 0 heterocycles. The average molecular weight is 655 g/mol. The van der Waals surface area contributed by atoms with Gasteiger partial charge in [-0.05, 0) is 74.5 Å². The molecular formula is C33H51N2NiO4Si2-. The van der Waals surface area contributed by atoms with E-state index in [0.29, 0.717) is 30.8 Å². The molecule has 236 valence electrons. The van der Waals surface area contributed by atoms with E-state index in [1.807, 2.05) is 36.4 Å². The number of benzene rings is 2. The van der Waals surface area contributed by atoms with Crippen LogP contribution < -0.4 is 4.74 Å². The number of unbranched alkanes of at least 4 members (excludes halogenated alkanes) is 7. The molecule has 6 nitrogen and oxygen atoms in total. The fraction of sp³-hybridized carbons (Fsp3) is 0.515. The number of hydrogen-bond acceptors (Lipinski definition) is 5. The second-order valence-corrected chi connectivity index (χ2v) is 21.2. The van der Waals surface area contributed by atoms with E-state index in [4.69, 9.17) is 8.85 Å². The molecule has 2 rings (SSSR count). The minimum Gasteiger partial charge on any atom is -0.689 e. The Morgan fingerprint density at radius 1 is 0.905 bits per heavy atom. The van der Waals surface area contributed by atoms with Gasteiger partial charge in [0.2, 0.25) is 0 Å². The maximum Gasteiger partial charge on any atom is 0.173 e. The normalized spacial score (nSPS) is 12.3. The number of aromatic hydroxyl groups is 1. The maximum atomic E-state index is 11.3. The molecule has 0 spiro atoms. The quantitative estimate of drug-likeness (QED) is 0.0479. The average Bonchev–Trinajstić information content (AvgIpc) is 2.92. The van der Waals surface area contributed by atoms with Crippen molar-refractivity contribution in [3.05, 3.63) is 71.2 Å². The molecule has 0 amide bonds. The van der Waals surface area contributed by atoms with Crippen LogP contribution in [0.3, 0.4) is 0 Å². The molecule has 0 aliphatic rings. The van der Waals surface area contributed by atoms with Crippen LogP contribution in [0.25, 0.3) is 10.9 Å². The van der Waals surface area contributed by atoms with E-state index < -0.39 is 16.6 Å². The largest absolute Gasteiger partial charge is 0.689 e. The number of phenols is 1. The van der Waals surface area contributed by atoms with Crippen molar-refractivity contribution in [1.29, 1.82) is 0 Å². The molecule has 0 aromatic heterocycles. The Hall–Kier alpha value is -2.19. The van der Waals surface area contributed by atoms with Crippen LogP contribution in [0, 0.1) is 0 Å². The molecule has 42 heavy (non-hydrogen) atoms. The summed E-state index contributed by atoms with van der Waals surface area (Å²) in [4.78, 5) is 15.7. The molecule has 0 fully saturated rings. The monoisotopic (exact) mass is 653 g/mol. The zero-order valence-electron chi connectivity index (χ0n) is 26.2. The fourth-order valence-corrected chi connectivity index (χ4v) is 12.9. The Morgan fingerprint density at radius 3 is 2.19 bits per heavy atom. The predicted octanol–water partition coefficient (Wildman–Crippen LogP) is 8.98. The number of rotatable bonds is 21. The van der Waals surface area contributed by atoms with Gasteiger partial charge >= 0.3 is 0 Å². The molecule has 0 bridgehead atoms. The SMILES string of the molecule is C[Si](C)(C)O[Si](C)(C)CCCCCCCCCCOc1ccc(O)c(C=NCC[N-]/C=C(\C=O)c2ccccc2)c1.[Ni]. The standard InChI is InChI=1S/C33H52N2O4Si2.Ni/c1-40(2,3)39-41(4,5)24-16-11-9-7-6-8-10-15-23-38-32-19-20-33(37)30(25-32)26-34-21-22-35-27-31(28-36)29-17-13-12-14-18-29;/h12-14,17-20,25-28H,6-11,15-16,21-24H2,1-5H3,(H2,34,35,36,37);/p-1. The van der Waals surface area contributed by atoms with Gasteiger partial charge in [-0.2, -0.15) is 6.20 Å². The van der Waals surface area contributed by atoms with Gasteiger partial charge in [-0.25, -0.2) is 0 Å². The molecule has 0 radical (unpaired) electrons. The molecule has 0 aliphatic heterocycles. The summed E-state index contributed by atoms with van der Waals surface area (Å²) in [5.41, 5.74) is 2.00. The third-order valence-corrected chi connectivity index (χ3v) is 12.8. The Balaban J connectivity index is 0.00000882. The minimum atomic E-state index is -1.48. The van der Waals surface area contributed by atoms with Crippen LogP contribution in [-0.2, 0) is 25.4 Å². The molecule has 0 saturated heterocycles. The van der Waals surface area contributed by atoms with Crippen molar-refractivity contribution in [1.82, 2.24) is 0 Å². The van der Waals surface area contributed by atoms with Gasteiger partial charge in [0, 0.05) is 34.8 Å². The van der Waals surface area contributed by atoms with Gasteiger partial charge in [0.1, 0.15) is 17.8 Å². The van der Waals surface area contributed by atoms with Crippen molar-refractivity contribution in [3.8, 4) is 11.5 Å². The Labute approximate surface area is 266 Å². The van der Waals surface area contributed by atoms with E-state index in [2.05, 4.69) is 43.0 Å². The number of hydrogen-bond donors (Lipinski definition) is 1. The smallest absolute Gasteiger partial charge is 0.173 e. The first-order chi connectivity index (χ1) is 19.6. The number of phenolic OH excluding ortho intramolecular Hbond substituents is 1. The summed E-state index contributed by atoms with van der Waals surface area (Å²) in [6.45, 7) is 13.2. The van der Waals surface area contributed by atoms with Crippen LogP contribution >= 0.6 is 0 Å². The fourth-order valence-electron chi connectivity index (χ4n) is 4.75. The second-order valence-electron chi connectivity index (χ2n) is 12.1. The maximum absolute atomic E-state index is 11.3. The summed E-state index contributed by atoms with van der Waals surface area (Å²) < 4.78 is 12.4. The third-order valence-electron chi connectivity index (χ3n) is 6.58.